The quantitative estimate of drug-likeness (QED) is 0.0195. The van der Waals surface area contributed by atoms with Gasteiger partial charge in [0.2, 0.25) is 5.91 Å². The molecule has 0 spiro atoms. The molecule has 1 aliphatic heterocycles. The van der Waals surface area contributed by atoms with Gasteiger partial charge in [-0.15, -0.1) is 0 Å². The van der Waals surface area contributed by atoms with Crippen LogP contribution in [0.1, 0.15) is 328 Å². The number of carbonyl (C=O) groups excluding carboxylic acids is 2. The smallest absolute Gasteiger partial charge is 0.305 e. The summed E-state index contributed by atoms with van der Waals surface area (Å²) in [7, 11) is 0. The van der Waals surface area contributed by atoms with Crippen molar-refractivity contribution in [2.45, 2.75) is 371 Å². The second-order valence-corrected chi connectivity index (χ2v) is 23.2. The highest BCUT2D eigenvalue weighted by molar-refractivity contribution is 5.76. The third-order valence-electron chi connectivity index (χ3n) is 15.9. The van der Waals surface area contributed by atoms with Crippen molar-refractivity contribution >= 4 is 11.9 Å². The van der Waals surface area contributed by atoms with Crippen LogP contribution < -0.4 is 5.32 Å². The first kappa shape index (κ1) is 72.4. The van der Waals surface area contributed by atoms with E-state index in [-0.39, 0.29) is 18.5 Å². The largest absolute Gasteiger partial charge is 0.466 e. The molecule has 1 aliphatic rings. The molecule has 0 aromatic rings. The lowest BCUT2D eigenvalue weighted by molar-refractivity contribution is -0.302. The number of ether oxygens (including phenoxy) is 3. The van der Waals surface area contributed by atoms with Gasteiger partial charge >= 0.3 is 5.97 Å². The third-order valence-corrected chi connectivity index (χ3v) is 15.9. The fourth-order valence-corrected chi connectivity index (χ4v) is 10.7. The van der Waals surface area contributed by atoms with Gasteiger partial charge in [0.1, 0.15) is 24.4 Å². The Balaban J connectivity index is 1.94. The summed E-state index contributed by atoms with van der Waals surface area (Å²) in [5.74, 6) is -0.175. The van der Waals surface area contributed by atoms with Gasteiger partial charge in [0.05, 0.1) is 32.0 Å². The molecule has 0 saturated carbocycles. The third kappa shape index (κ3) is 44.2. The Labute approximate surface area is 468 Å². The minimum Gasteiger partial charge on any atom is -0.466 e. The van der Waals surface area contributed by atoms with Crippen molar-refractivity contribution in [3.8, 4) is 0 Å². The second-order valence-electron chi connectivity index (χ2n) is 23.2. The number of unbranched alkanes of at least 4 members (excludes halogenated alkanes) is 44. The molecular weight excluding hydrogens is 955 g/mol. The lowest BCUT2D eigenvalue weighted by atomic mass is 9.99. The molecule has 0 aliphatic carbocycles. The fraction of sp³-hybridized carbons (Fsp3) is 0.938. The van der Waals surface area contributed by atoms with Gasteiger partial charge in [-0.05, 0) is 32.1 Å². The molecule has 1 fully saturated rings. The molecule has 450 valence electrons. The average Bonchev–Trinajstić information content (AvgIpc) is 3.42. The molecule has 6 N–H and O–H groups in total. The summed E-state index contributed by atoms with van der Waals surface area (Å²) >= 11 is 0. The molecule has 11 nitrogen and oxygen atoms in total. The Morgan fingerprint density at radius 2 is 0.829 bits per heavy atom. The van der Waals surface area contributed by atoms with Gasteiger partial charge < -0.3 is 45.1 Å². The van der Waals surface area contributed by atoms with Crippen LogP contribution in [0, 0.1) is 0 Å². The van der Waals surface area contributed by atoms with Gasteiger partial charge in [0, 0.05) is 12.8 Å². The zero-order valence-corrected chi connectivity index (χ0v) is 49.7. The van der Waals surface area contributed by atoms with Gasteiger partial charge in [-0.25, -0.2) is 0 Å². The van der Waals surface area contributed by atoms with Crippen molar-refractivity contribution in [1.82, 2.24) is 5.32 Å². The highest BCUT2D eigenvalue weighted by Crippen LogP contribution is 2.23. The number of rotatable bonds is 58. The highest BCUT2D eigenvalue weighted by atomic mass is 16.7. The molecule has 1 amide bonds. The van der Waals surface area contributed by atoms with Crippen LogP contribution in [0.15, 0.2) is 12.2 Å². The summed E-state index contributed by atoms with van der Waals surface area (Å²) in [6.45, 7) is 4.35. The predicted octanol–water partition coefficient (Wildman–Crippen LogP) is 15.9. The van der Waals surface area contributed by atoms with E-state index in [4.69, 9.17) is 14.2 Å². The number of hydrogen-bond acceptors (Lipinski definition) is 10. The number of aliphatic hydroxyl groups is 5. The van der Waals surface area contributed by atoms with E-state index >= 15 is 0 Å². The molecule has 7 atom stereocenters. The summed E-state index contributed by atoms with van der Waals surface area (Å²) in [6.07, 6.45) is 56.2. The number of aliphatic hydroxyl groups excluding tert-OH is 5. The van der Waals surface area contributed by atoms with Crippen LogP contribution in [0.2, 0.25) is 0 Å². The number of nitrogens with one attached hydrogen (secondary N) is 1. The predicted molar refractivity (Wildman–Crippen MR) is 315 cm³/mol. The second kappa shape index (κ2) is 55.3. The molecule has 76 heavy (non-hydrogen) atoms. The van der Waals surface area contributed by atoms with Crippen LogP contribution in [0.5, 0.6) is 0 Å². The Morgan fingerprint density at radius 3 is 1.22 bits per heavy atom. The number of carbonyl (C=O) groups is 2. The van der Waals surface area contributed by atoms with Crippen molar-refractivity contribution in [1.29, 1.82) is 0 Å². The zero-order valence-electron chi connectivity index (χ0n) is 49.7. The minimum atomic E-state index is -1.57. The van der Waals surface area contributed by atoms with E-state index in [0.717, 1.165) is 57.8 Å². The molecule has 1 saturated heterocycles. The topological polar surface area (TPSA) is 175 Å². The molecule has 11 heteroatoms. The maximum absolute atomic E-state index is 13.0. The minimum absolute atomic E-state index is 0.00672. The van der Waals surface area contributed by atoms with E-state index in [1.54, 1.807) is 6.08 Å². The van der Waals surface area contributed by atoms with Crippen LogP contribution in [0.25, 0.3) is 0 Å². The number of hydrogen-bond donors (Lipinski definition) is 6. The van der Waals surface area contributed by atoms with Crippen LogP contribution >= 0.6 is 0 Å². The number of esters is 1. The van der Waals surface area contributed by atoms with Gasteiger partial charge in [0.25, 0.3) is 0 Å². The molecule has 0 aromatic heterocycles. The maximum Gasteiger partial charge on any atom is 0.305 e. The lowest BCUT2D eigenvalue weighted by Crippen LogP contribution is -2.60. The van der Waals surface area contributed by atoms with E-state index in [9.17, 15) is 35.1 Å². The average molecular weight is 1080 g/mol. The Morgan fingerprint density at radius 1 is 0.474 bits per heavy atom. The summed E-state index contributed by atoms with van der Waals surface area (Å²) in [6, 6.07) is -0.807. The normalized spacial score (nSPS) is 18.6. The molecule has 1 rings (SSSR count). The van der Waals surface area contributed by atoms with E-state index in [2.05, 4.69) is 19.2 Å². The van der Waals surface area contributed by atoms with Crippen molar-refractivity contribution in [2.75, 3.05) is 19.8 Å². The van der Waals surface area contributed by atoms with Crippen LogP contribution in [0.3, 0.4) is 0 Å². The van der Waals surface area contributed by atoms with Gasteiger partial charge in [-0.2, -0.15) is 0 Å². The Kier molecular flexibility index (Phi) is 52.7. The molecule has 0 aromatic carbocycles. The summed E-state index contributed by atoms with van der Waals surface area (Å²) in [5, 5.41) is 54.2. The number of allylic oxidation sites excluding steroid dienone is 1. The van der Waals surface area contributed by atoms with Crippen LogP contribution in [0.4, 0.5) is 0 Å². The van der Waals surface area contributed by atoms with E-state index in [1.807, 2.05) is 6.08 Å². The monoisotopic (exact) mass is 1080 g/mol. The van der Waals surface area contributed by atoms with Crippen molar-refractivity contribution in [3.05, 3.63) is 12.2 Å². The molecule has 0 radical (unpaired) electrons. The summed E-state index contributed by atoms with van der Waals surface area (Å²) in [5.41, 5.74) is 0. The van der Waals surface area contributed by atoms with E-state index in [1.165, 1.54) is 244 Å². The molecule has 1 heterocycles. The SMILES string of the molecule is CCCCCCCCC/C=C/C(O)C(COC1OC(CO)C(O)C(O)C1O)NC(=O)CCCCCCCCCCCCCCCCCCCCCCCCCOC(=O)CCCCCCCCCCCCCCCCCC. The molecular formula is C65H125NO10. The number of amides is 1. The van der Waals surface area contributed by atoms with Gasteiger partial charge in [-0.1, -0.05) is 296 Å². The van der Waals surface area contributed by atoms with Crippen LogP contribution in [-0.2, 0) is 23.8 Å². The van der Waals surface area contributed by atoms with Crippen molar-refractivity contribution < 1.29 is 49.3 Å². The van der Waals surface area contributed by atoms with Gasteiger partial charge in [0.15, 0.2) is 6.29 Å². The molecule has 7 unspecified atom stereocenters. The highest BCUT2D eigenvalue weighted by Gasteiger charge is 2.44. The summed E-state index contributed by atoms with van der Waals surface area (Å²) in [4.78, 5) is 25.1. The Hall–Kier alpha value is -1.60. The molecule has 0 bridgehead atoms. The lowest BCUT2D eigenvalue weighted by Gasteiger charge is -2.40. The first-order chi connectivity index (χ1) is 37.2. The van der Waals surface area contributed by atoms with Crippen molar-refractivity contribution in [3.63, 3.8) is 0 Å². The van der Waals surface area contributed by atoms with Crippen molar-refractivity contribution in [2.24, 2.45) is 0 Å². The van der Waals surface area contributed by atoms with Gasteiger partial charge in [-0.3, -0.25) is 9.59 Å². The maximum atomic E-state index is 13.0. The zero-order chi connectivity index (χ0) is 55.2. The standard InChI is InChI=1S/C65H125NO10/c1-3-5-7-9-11-13-14-15-16-27-30-33-37-41-45-49-53-61(70)74-54-50-46-42-38-34-31-28-25-23-21-19-17-18-20-22-24-26-29-32-36-40-44-48-52-60(69)66-57(58(68)51-47-43-39-35-12-10-8-6-4-2)56-75-65-64(73)63(72)62(71)59(55-67)76-65/h47,51,57-59,62-65,67-68,71-73H,3-46,48-50,52-56H2,1-2H3,(H,66,69)/b51-47+. The fourth-order valence-electron chi connectivity index (χ4n) is 10.7. The summed E-state index contributed by atoms with van der Waals surface area (Å²) < 4.78 is 16.7. The van der Waals surface area contributed by atoms with Crippen LogP contribution in [-0.4, -0.2) is 100 Å². The van der Waals surface area contributed by atoms with E-state index in [0.29, 0.717) is 19.4 Å². The Bertz CT molecular complexity index is 1270. The first-order valence-corrected chi connectivity index (χ1v) is 33.0. The van der Waals surface area contributed by atoms with E-state index < -0.39 is 49.5 Å². The first-order valence-electron chi connectivity index (χ1n) is 33.0.